The minimum atomic E-state index is -0.0899. The lowest BCUT2D eigenvalue weighted by molar-refractivity contribution is -0.142. The summed E-state index contributed by atoms with van der Waals surface area (Å²) in [4.78, 5) is 11.7. The molecule has 0 aliphatic rings. The summed E-state index contributed by atoms with van der Waals surface area (Å²) in [7, 11) is 0. The first kappa shape index (κ1) is 26.4. The van der Waals surface area contributed by atoms with Crippen molar-refractivity contribution in [2.75, 3.05) is 13.2 Å². The van der Waals surface area contributed by atoms with Crippen molar-refractivity contribution >= 4 is 5.97 Å². The summed E-state index contributed by atoms with van der Waals surface area (Å²) in [5.41, 5.74) is 1.16. The highest BCUT2D eigenvalue weighted by Crippen LogP contribution is 2.13. The van der Waals surface area contributed by atoms with E-state index in [1.165, 1.54) is 70.6 Å². The van der Waals surface area contributed by atoms with Gasteiger partial charge in [0.05, 0.1) is 13.2 Å². The number of ether oxygens (including phenoxy) is 2. The number of unbranched alkanes of at least 4 members (excludes halogenated alkanes) is 12. The molecule has 0 N–H and O–H groups in total. The predicted octanol–water partition coefficient (Wildman–Crippen LogP) is 7.78. The van der Waals surface area contributed by atoms with Gasteiger partial charge < -0.3 is 9.47 Å². The van der Waals surface area contributed by atoms with Gasteiger partial charge in [-0.1, -0.05) is 120 Å². The molecule has 0 radical (unpaired) electrons. The molecule has 1 aromatic carbocycles. The summed E-state index contributed by atoms with van der Waals surface area (Å²) in [6, 6.07) is 10.1. The summed E-state index contributed by atoms with van der Waals surface area (Å²) in [6.07, 6.45) is 21.4. The summed E-state index contributed by atoms with van der Waals surface area (Å²) < 4.78 is 10.8. The van der Waals surface area contributed by atoms with E-state index in [4.69, 9.17) is 9.47 Å². The maximum Gasteiger partial charge on any atom is 0.306 e. The van der Waals surface area contributed by atoms with E-state index in [0.29, 0.717) is 26.2 Å². The molecule has 0 bridgehead atoms. The Morgan fingerprint density at radius 3 is 1.87 bits per heavy atom. The quantitative estimate of drug-likeness (QED) is 0.124. The largest absolute Gasteiger partial charge is 0.461 e. The molecule has 0 unspecified atom stereocenters. The first-order valence-corrected chi connectivity index (χ1v) is 12.2. The van der Waals surface area contributed by atoms with Gasteiger partial charge in [-0.3, -0.25) is 4.79 Å². The summed E-state index contributed by atoms with van der Waals surface area (Å²) in [6.45, 7) is 3.74. The van der Waals surface area contributed by atoms with E-state index >= 15 is 0 Å². The molecule has 1 aromatic rings. The van der Waals surface area contributed by atoms with Crippen LogP contribution in [-0.2, 0) is 20.9 Å². The Bertz CT molecular complexity index is 524. The SMILES string of the molecule is CCCCCCCCCCCCCCCC(=O)OC/C=C/COCc1ccccc1. The van der Waals surface area contributed by atoms with E-state index in [1.807, 2.05) is 42.5 Å². The summed E-state index contributed by atoms with van der Waals surface area (Å²) in [5, 5.41) is 0. The van der Waals surface area contributed by atoms with Crippen molar-refractivity contribution in [1.82, 2.24) is 0 Å². The third-order valence-corrected chi connectivity index (χ3v) is 5.32. The van der Waals surface area contributed by atoms with Gasteiger partial charge in [0.2, 0.25) is 0 Å². The van der Waals surface area contributed by atoms with Crippen molar-refractivity contribution < 1.29 is 14.3 Å². The zero-order chi connectivity index (χ0) is 21.5. The maximum atomic E-state index is 11.7. The third kappa shape index (κ3) is 17.3. The zero-order valence-electron chi connectivity index (χ0n) is 19.3. The Morgan fingerprint density at radius 1 is 0.733 bits per heavy atom. The third-order valence-electron chi connectivity index (χ3n) is 5.32. The van der Waals surface area contributed by atoms with Gasteiger partial charge in [-0.2, -0.15) is 0 Å². The van der Waals surface area contributed by atoms with E-state index in [0.717, 1.165) is 18.4 Å². The van der Waals surface area contributed by atoms with E-state index in [2.05, 4.69) is 6.92 Å². The van der Waals surface area contributed by atoms with Crippen LogP contribution in [-0.4, -0.2) is 19.2 Å². The van der Waals surface area contributed by atoms with E-state index in [9.17, 15) is 4.79 Å². The Morgan fingerprint density at radius 2 is 1.27 bits per heavy atom. The molecule has 0 fully saturated rings. The molecule has 1 rings (SSSR count). The fourth-order valence-corrected chi connectivity index (χ4v) is 3.46. The Kier molecular flexibility index (Phi) is 18.2. The van der Waals surface area contributed by atoms with Crippen LogP contribution in [0.4, 0.5) is 0 Å². The first-order valence-electron chi connectivity index (χ1n) is 12.2. The second kappa shape index (κ2) is 20.7. The highest BCUT2D eigenvalue weighted by molar-refractivity contribution is 5.69. The smallest absolute Gasteiger partial charge is 0.306 e. The van der Waals surface area contributed by atoms with Crippen molar-refractivity contribution in [2.45, 2.75) is 103 Å². The van der Waals surface area contributed by atoms with Crippen LogP contribution in [0.2, 0.25) is 0 Å². The number of carbonyl (C=O) groups excluding carboxylic acids is 1. The first-order chi connectivity index (χ1) is 14.8. The minimum Gasteiger partial charge on any atom is -0.461 e. The van der Waals surface area contributed by atoms with Gasteiger partial charge in [0.25, 0.3) is 0 Å². The van der Waals surface area contributed by atoms with E-state index in [-0.39, 0.29) is 5.97 Å². The van der Waals surface area contributed by atoms with Gasteiger partial charge >= 0.3 is 5.97 Å². The fourth-order valence-electron chi connectivity index (χ4n) is 3.46. The van der Waals surface area contributed by atoms with Gasteiger partial charge in [-0.25, -0.2) is 0 Å². The Balaban J connectivity index is 1.79. The minimum absolute atomic E-state index is 0.0899. The molecule has 3 nitrogen and oxygen atoms in total. The van der Waals surface area contributed by atoms with Crippen LogP contribution in [0.3, 0.4) is 0 Å². The lowest BCUT2D eigenvalue weighted by Gasteiger charge is -2.04. The molecule has 30 heavy (non-hydrogen) atoms. The number of esters is 1. The van der Waals surface area contributed by atoms with Crippen molar-refractivity contribution in [3.63, 3.8) is 0 Å². The topological polar surface area (TPSA) is 35.5 Å². The molecule has 170 valence electrons. The lowest BCUT2D eigenvalue weighted by atomic mass is 10.0. The molecule has 0 spiro atoms. The standard InChI is InChI=1S/C27H44O3/c1-2-3-4-5-6-7-8-9-10-11-12-13-17-22-27(28)30-24-19-18-23-29-25-26-20-15-14-16-21-26/h14-16,18-21H,2-13,17,22-25H2,1H3/b19-18+. The van der Waals surface area contributed by atoms with Crippen LogP contribution in [0.1, 0.15) is 102 Å². The lowest BCUT2D eigenvalue weighted by Crippen LogP contribution is -2.04. The average molecular weight is 417 g/mol. The van der Waals surface area contributed by atoms with Crippen molar-refractivity contribution in [3.05, 3.63) is 48.0 Å². The van der Waals surface area contributed by atoms with Gasteiger partial charge in [0, 0.05) is 6.42 Å². The van der Waals surface area contributed by atoms with Gasteiger partial charge in [0.15, 0.2) is 0 Å². The van der Waals surface area contributed by atoms with E-state index < -0.39 is 0 Å². The van der Waals surface area contributed by atoms with Crippen molar-refractivity contribution in [2.24, 2.45) is 0 Å². The summed E-state index contributed by atoms with van der Waals surface area (Å²) in [5.74, 6) is -0.0899. The van der Waals surface area contributed by atoms with Crippen LogP contribution in [0.5, 0.6) is 0 Å². The van der Waals surface area contributed by atoms with Crippen LogP contribution in [0, 0.1) is 0 Å². The fraction of sp³-hybridized carbons (Fsp3) is 0.667. The van der Waals surface area contributed by atoms with Crippen LogP contribution in [0.25, 0.3) is 0 Å². The molecule has 0 aliphatic heterocycles. The molecule has 3 heteroatoms. The normalized spacial score (nSPS) is 11.2. The number of hydrogen-bond acceptors (Lipinski definition) is 3. The van der Waals surface area contributed by atoms with Crippen LogP contribution < -0.4 is 0 Å². The number of carbonyl (C=O) groups is 1. The Labute approximate surface area is 185 Å². The highest BCUT2D eigenvalue weighted by Gasteiger charge is 2.01. The van der Waals surface area contributed by atoms with Crippen molar-refractivity contribution in [3.8, 4) is 0 Å². The Hall–Kier alpha value is -1.61. The maximum absolute atomic E-state index is 11.7. The van der Waals surface area contributed by atoms with Gasteiger partial charge in [0.1, 0.15) is 6.61 Å². The second-order valence-corrected chi connectivity index (χ2v) is 8.15. The number of hydrogen-bond donors (Lipinski definition) is 0. The zero-order valence-corrected chi connectivity index (χ0v) is 19.3. The number of benzene rings is 1. The molecular weight excluding hydrogens is 372 g/mol. The number of rotatable bonds is 20. The molecular formula is C27H44O3. The second-order valence-electron chi connectivity index (χ2n) is 8.15. The monoisotopic (exact) mass is 416 g/mol. The molecule has 0 aliphatic carbocycles. The molecule has 0 saturated heterocycles. The molecule has 0 saturated carbocycles. The highest BCUT2D eigenvalue weighted by atomic mass is 16.5. The van der Waals surface area contributed by atoms with Crippen LogP contribution >= 0.6 is 0 Å². The van der Waals surface area contributed by atoms with Gasteiger partial charge in [-0.05, 0) is 18.1 Å². The molecule has 0 atom stereocenters. The average Bonchev–Trinajstić information content (AvgIpc) is 2.77. The van der Waals surface area contributed by atoms with Crippen molar-refractivity contribution in [1.29, 1.82) is 0 Å². The van der Waals surface area contributed by atoms with E-state index in [1.54, 1.807) is 0 Å². The van der Waals surface area contributed by atoms with Gasteiger partial charge in [-0.15, -0.1) is 0 Å². The predicted molar refractivity (Wildman–Crippen MR) is 127 cm³/mol. The summed E-state index contributed by atoms with van der Waals surface area (Å²) >= 11 is 0. The van der Waals surface area contributed by atoms with Crippen LogP contribution in [0.15, 0.2) is 42.5 Å². The molecule has 0 heterocycles. The molecule has 0 amide bonds. The molecule has 0 aromatic heterocycles.